The maximum atomic E-state index is 3.54. The molecule has 0 amide bonds. The highest BCUT2D eigenvalue weighted by molar-refractivity contribution is 5.22. The van der Waals surface area contributed by atoms with E-state index in [0.29, 0.717) is 11.5 Å². The topological polar surface area (TPSA) is 15.3 Å². The molecule has 1 N–H and O–H groups in total. The van der Waals surface area contributed by atoms with Gasteiger partial charge in [-0.3, -0.25) is 0 Å². The number of rotatable bonds is 5. The van der Waals surface area contributed by atoms with Crippen molar-refractivity contribution in [2.24, 2.45) is 11.3 Å². The maximum Gasteiger partial charge on any atom is 0.0230 e. The Morgan fingerprint density at radius 3 is 2.76 bits per heavy atom. The molecule has 0 radical (unpaired) electrons. The van der Waals surface area contributed by atoms with Crippen molar-refractivity contribution in [2.75, 3.05) is 20.6 Å². The zero-order valence-corrected chi connectivity index (χ0v) is 14.4. The van der Waals surface area contributed by atoms with Gasteiger partial charge in [0, 0.05) is 19.1 Å². The second-order valence-electron chi connectivity index (χ2n) is 7.75. The Kier molecular flexibility index (Phi) is 5.45. The summed E-state index contributed by atoms with van der Waals surface area (Å²) in [5.41, 5.74) is 3.28. The fourth-order valence-electron chi connectivity index (χ4n) is 3.89. The summed E-state index contributed by atoms with van der Waals surface area (Å²) in [4.78, 5) is 2.49. The second kappa shape index (κ2) is 6.93. The van der Waals surface area contributed by atoms with Crippen molar-refractivity contribution < 1.29 is 0 Å². The van der Waals surface area contributed by atoms with Gasteiger partial charge in [0.25, 0.3) is 0 Å². The van der Waals surface area contributed by atoms with E-state index in [0.717, 1.165) is 12.5 Å². The van der Waals surface area contributed by atoms with E-state index in [1.165, 1.54) is 36.9 Å². The van der Waals surface area contributed by atoms with Crippen LogP contribution in [-0.4, -0.2) is 31.6 Å². The van der Waals surface area contributed by atoms with Gasteiger partial charge in [0.1, 0.15) is 0 Å². The van der Waals surface area contributed by atoms with E-state index in [2.05, 4.69) is 69.3 Å². The van der Waals surface area contributed by atoms with E-state index in [1.807, 2.05) is 0 Å². The van der Waals surface area contributed by atoms with Crippen molar-refractivity contribution in [1.82, 2.24) is 10.2 Å². The SMILES string of the molecule is CNC1CCC(C)(C)CC1CN(C)Cc1cccc(C)c1. The minimum Gasteiger partial charge on any atom is -0.317 e. The Bertz CT molecular complexity index is 453. The summed E-state index contributed by atoms with van der Waals surface area (Å²) in [6.45, 7) is 9.25. The van der Waals surface area contributed by atoms with Crippen molar-refractivity contribution in [1.29, 1.82) is 0 Å². The Labute approximate surface area is 130 Å². The lowest BCUT2D eigenvalue weighted by atomic mass is 9.69. The maximum absolute atomic E-state index is 3.54. The van der Waals surface area contributed by atoms with Crippen molar-refractivity contribution in [3.63, 3.8) is 0 Å². The Hall–Kier alpha value is -0.860. The molecule has 0 heterocycles. The number of nitrogens with one attached hydrogen (secondary N) is 1. The Morgan fingerprint density at radius 2 is 2.10 bits per heavy atom. The summed E-state index contributed by atoms with van der Waals surface area (Å²) in [6.07, 6.45) is 3.99. The van der Waals surface area contributed by atoms with Gasteiger partial charge >= 0.3 is 0 Å². The number of aryl methyl sites for hydroxylation is 1. The highest BCUT2D eigenvalue weighted by atomic mass is 15.1. The lowest BCUT2D eigenvalue weighted by molar-refractivity contribution is 0.110. The minimum atomic E-state index is 0.502. The van der Waals surface area contributed by atoms with Crippen LogP contribution in [0.1, 0.15) is 44.2 Å². The summed E-state index contributed by atoms with van der Waals surface area (Å²) >= 11 is 0. The van der Waals surface area contributed by atoms with Crippen molar-refractivity contribution in [3.05, 3.63) is 35.4 Å². The molecule has 2 atom stereocenters. The van der Waals surface area contributed by atoms with Crippen molar-refractivity contribution >= 4 is 0 Å². The number of nitrogens with zero attached hydrogens (tertiary/aromatic N) is 1. The van der Waals surface area contributed by atoms with Gasteiger partial charge in [0.2, 0.25) is 0 Å². The van der Waals surface area contributed by atoms with Gasteiger partial charge < -0.3 is 10.2 Å². The summed E-state index contributed by atoms with van der Waals surface area (Å²) < 4.78 is 0. The fraction of sp³-hybridized carbons (Fsp3) is 0.684. The van der Waals surface area contributed by atoms with Gasteiger partial charge in [-0.15, -0.1) is 0 Å². The molecule has 2 nitrogen and oxygen atoms in total. The molecule has 1 aromatic carbocycles. The lowest BCUT2D eigenvalue weighted by Gasteiger charge is -2.42. The van der Waals surface area contributed by atoms with E-state index in [1.54, 1.807) is 0 Å². The number of benzene rings is 1. The zero-order valence-electron chi connectivity index (χ0n) is 14.4. The quantitative estimate of drug-likeness (QED) is 0.885. The molecule has 0 saturated heterocycles. The average molecular weight is 288 g/mol. The van der Waals surface area contributed by atoms with E-state index in [4.69, 9.17) is 0 Å². The third-order valence-corrected chi connectivity index (χ3v) is 4.97. The first-order valence-electron chi connectivity index (χ1n) is 8.31. The van der Waals surface area contributed by atoms with Crippen LogP contribution in [0.2, 0.25) is 0 Å². The van der Waals surface area contributed by atoms with Gasteiger partial charge in [-0.2, -0.15) is 0 Å². The normalized spacial score (nSPS) is 25.2. The molecule has 118 valence electrons. The lowest BCUT2D eigenvalue weighted by Crippen LogP contribution is -2.45. The second-order valence-corrected chi connectivity index (χ2v) is 7.75. The Balaban J connectivity index is 1.95. The molecule has 1 aliphatic rings. The average Bonchev–Trinajstić information content (AvgIpc) is 2.37. The molecule has 0 aliphatic heterocycles. The summed E-state index contributed by atoms with van der Waals surface area (Å²) in [5, 5.41) is 3.54. The van der Waals surface area contributed by atoms with Crippen molar-refractivity contribution in [3.8, 4) is 0 Å². The molecular formula is C19H32N2. The molecule has 21 heavy (non-hydrogen) atoms. The van der Waals surface area contributed by atoms with Gasteiger partial charge in [-0.1, -0.05) is 43.7 Å². The van der Waals surface area contributed by atoms with E-state index < -0.39 is 0 Å². The molecule has 1 saturated carbocycles. The molecule has 2 unspecified atom stereocenters. The predicted molar refractivity (Wildman–Crippen MR) is 91.5 cm³/mol. The molecule has 0 spiro atoms. The number of hydrogen-bond acceptors (Lipinski definition) is 2. The minimum absolute atomic E-state index is 0.502. The van der Waals surface area contributed by atoms with Gasteiger partial charge in [-0.05, 0) is 57.2 Å². The first-order valence-corrected chi connectivity index (χ1v) is 8.31. The van der Waals surface area contributed by atoms with Gasteiger partial charge in [-0.25, -0.2) is 0 Å². The van der Waals surface area contributed by atoms with Crippen LogP contribution in [0.25, 0.3) is 0 Å². The van der Waals surface area contributed by atoms with Crippen LogP contribution in [0.3, 0.4) is 0 Å². The van der Waals surface area contributed by atoms with E-state index >= 15 is 0 Å². The molecule has 2 heteroatoms. The van der Waals surface area contributed by atoms with E-state index in [-0.39, 0.29) is 0 Å². The van der Waals surface area contributed by atoms with Crippen LogP contribution in [0, 0.1) is 18.3 Å². The van der Waals surface area contributed by atoms with Crippen LogP contribution in [0.5, 0.6) is 0 Å². The third kappa shape index (κ3) is 4.82. The van der Waals surface area contributed by atoms with Crippen molar-refractivity contribution in [2.45, 2.75) is 52.6 Å². The highest BCUT2D eigenvalue weighted by Gasteiger charge is 2.34. The van der Waals surface area contributed by atoms with Crippen LogP contribution >= 0.6 is 0 Å². The molecule has 1 aromatic rings. The largest absolute Gasteiger partial charge is 0.317 e. The smallest absolute Gasteiger partial charge is 0.0230 e. The van der Waals surface area contributed by atoms with Crippen LogP contribution in [0.4, 0.5) is 0 Å². The first-order chi connectivity index (χ1) is 9.89. The van der Waals surface area contributed by atoms with Crippen LogP contribution < -0.4 is 5.32 Å². The Morgan fingerprint density at radius 1 is 1.33 bits per heavy atom. The molecule has 1 aliphatic carbocycles. The fourth-order valence-corrected chi connectivity index (χ4v) is 3.89. The molecule has 2 rings (SSSR count). The first kappa shape index (κ1) is 16.5. The zero-order chi connectivity index (χ0) is 15.5. The monoisotopic (exact) mass is 288 g/mol. The van der Waals surface area contributed by atoms with Crippen LogP contribution in [-0.2, 0) is 6.54 Å². The van der Waals surface area contributed by atoms with Crippen LogP contribution in [0.15, 0.2) is 24.3 Å². The van der Waals surface area contributed by atoms with Gasteiger partial charge in [0.05, 0.1) is 0 Å². The van der Waals surface area contributed by atoms with Gasteiger partial charge in [0.15, 0.2) is 0 Å². The number of hydrogen-bond donors (Lipinski definition) is 1. The molecule has 0 aromatic heterocycles. The molecular weight excluding hydrogens is 256 g/mol. The summed E-state index contributed by atoms with van der Waals surface area (Å²) in [5.74, 6) is 0.758. The highest BCUT2D eigenvalue weighted by Crippen LogP contribution is 2.39. The molecule has 1 fully saturated rings. The molecule has 0 bridgehead atoms. The standard InChI is InChI=1S/C19H32N2/c1-15-7-6-8-16(11-15)13-21(5)14-17-12-19(2,3)10-9-18(17)20-4/h6-8,11,17-18,20H,9-10,12-14H2,1-5H3. The summed E-state index contributed by atoms with van der Waals surface area (Å²) in [6, 6.07) is 9.56. The van der Waals surface area contributed by atoms with E-state index in [9.17, 15) is 0 Å². The predicted octanol–water partition coefficient (Wildman–Crippen LogP) is 3.84. The summed E-state index contributed by atoms with van der Waals surface area (Å²) in [7, 11) is 4.38. The third-order valence-electron chi connectivity index (χ3n) is 4.97.